The van der Waals surface area contributed by atoms with Gasteiger partial charge < -0.3 is 9.47 Å². The lowest BCUT2D eigenvalue weighted by Crippen LogP contribution is -2.37. The second-order valence-corrected chi connectivity index (χ2v) is 4.34. The molecule has 0 aliphatic carbocycles. The van der Waals surface area contributed by atoms with Crippen LogP contribution in [0.5, 0.6) is 0 Å². The van der Waals surface area contributed by atoms with Crippen molar-refractivity contribution in [1.29, 1.82) is 0 Å². The topological polar surface area (TPSA) is 18.5 Å². The first-order valence-corrected chi connectivity index (χ1v) is 6.08. The van der Waals surface area contributed by atoms with Gasteiger partial charge >= 0.3 is 0 Å². The average Bonchev–Trinajstić information content (AvgIpc) is 1.89. The van der Waals surface area contributed by atoms with Gasteiger partial charge in [0.1, 0.15) is 5.41 Å². The van der Waals surface area contributed by atoms with E-state index in [0.29, 0.717) is 0 Å². The minimum atomic E-state index is -0.235. The van der Waals surface area contributed by atoms with Crippen molar-refractivity contribution >= 4 is 9.52 Å². The molecule has 10 heavy (non-hydrogen) atoms. The molecule has 0 aliphatic rings. The first-order chi connectivity index (χ1) is 4.68. The zero-order valence-corrected chi connectivity index (χ0v) is 8.85. The molecule has 0 N–H and O–H groups in total. The summed E-state index contributed by atoms with van der Waals surface area (Å²) in [6, 6.07) is 0. The number of hydrogen-bond acceptors (Lipinski definition) is 2. The van der Waals surface area contributed by atoms with Crippen molar-refractivity contribution in [2.75, 3.05) is 13.2 Å². The smallest absolute Gasteiger partial charge is 0.142 e. The molecule has 0 aromatic rings. The predicted octanol–water partition coefficient (Wildman–Crippen LogP) is 0.950. The van der Waals surface area contributed by atoms with Crippen LogP contribution in [-0.2, 0) is 9.47 Å². The molecule has 0 rings (SSSR count). The molecule has 0 amide bonds. The van der Waals surface area contributed by atoms with E-state index in [1.807, 2.05) is 20.8 Å². The van der Waals surface area contributed by atoms with Crippen LogP contribution in [0.1, 0.15) is 20.8 Å². The predicted molar refractivity (Wildman–Crippen MR) is 46.1 cm³/mol. The molecule has 0 aliphatic heterocycles. The first-order valence-electron chi connectivity index (χ1n) is 3.96. The summed E-state index contributed by atoms with van der Waals surface area (Å²) in [6.45, 7) is 9.73. The van der Waals surface area contributed by atoms with Gasteiger partial charge in [-0.2, -0.15) is 0 Å². The third-order valence-corrected chi connectivity index (χ3v) is 3.23. The third kappa shape index (κ3) is 3.34. The van der Waals surface area contributed by atoms with Gasteiger partial charge in [0.2, 0.25) is 0 Å². The fourth-order valence-electron chi connectivity index (χ4n) is 0.856. The van der Waals surface area contributed by atoms with Gasteiger partial charge in [-0.15, -0.1) is 0 Å². The summed E-state index contributed by atoms with van der Waals surface area (Å²) in [6.07, 6.45) is 0. The number of rotatable bonds is 5. The molecule has 0 fully saturated rings. The zero-order valence-electron chi connectivity index (χ0n) is 7.44. The van der Waals surface area contributed by atoms with Gasteiger partial charge in [-0.25, -0.2) is 0 Å². The van der Waals surface area contributed by atoms with Gasteiger partial charge in [-0.3, -0.25) is 0 Å². The summed E-state index contributed by atoms with van der Waals surface area (Å²) in [5.74, 6) is 0. The van der Waals surface area contributed by atoms with Gasteiger partial charge in [0.25, 0.3) is 0 Å². The minimum Gasteiger partial charge on any atom is -0.355 e. The van der Waals surface area contributed by atoms with Crippen molar-refractivity contribution in [1.82, 2.24) is 0 Å². The molecule has 0 bridgehead atoms. The Morgan fingerprint density at radius 3 is 1.80 bits per heavy atom. The van der Waals surface area contributed by atoms with Crippen LogP contribution >= 0.6 is 0 Å². The van der Waals surface area contributed by atoms with Crippen LogP contribution in [0.3, 0.4) is 0 Å². The SMILES string of the molecule is CCOC(C)(OCC)[SiH2]C. The second kappa shape index (κ2) is 4.88. The highest BCUT2D eigenvalue weighted by molar-refractivity contribution is 6.36. The molecule has 0 aromatic heterocycles. The van der Waals surface area contributed by atoms with E-state index in [0.717, 1.165) is 13.2 Å². The Labute approximate surface area is 65.7 Å². The van der Waals surface area contributed by atoms with Crippen LogP contribution < -0.4 is 0 Å². The lowest BCUT2D eigenvalue weighted by Gasteiger charge is -2.27. The molecule has 0 atom stereocenters. The standard InChI is InChI=1S/C7H18O2Si/c1-5-8-7(3,10-4)9-6-2/h5-6,10H2,1-4H3. The van der Waals surface area contributed by atoms with Gasteiger partial charge in [-0.1, -0.05) is 6.55 Å². The van der Waals surface area contributed by atoms with Crippen LogP contribution in [0.15, 0.2) is 0 Å². The van der Waals surface area contributed by atoms with Crippen molar-refractivity contribution in [2.24, 2.45) is 0 Å². The largest absolute Gasteiger partial charge is 0.355 e. The Bertz CT molecular complexity index is 79.7. The molecule has 2 nitrogen and oxygen atoms in total. The maximum Gasteiger partial charge on any atom is 0.142 e. The number of ether oxygens (including phenoxy) is 2. The van der Waals surface area contributed by atoms with E-state index >= 15 is 0 Å². The van der Waals surface area contributed by atoms with Crippen molar-refractivity contribution in [3.05, 3.63) is 0 Å². The van der Waals surface area contributed by atoms with Gasteiger partial charge in [-0.05, 0) is 20.8 Å². The highest BCUT2D eigenvalue weighted by Crippen LogP contribution is 2.09. The molecule has 62 valence electrons. The van der Waals surface area contributed by atoms with Crippen molar-refractivity contribution in [3.63, 3.8) is 0 Å². The molecule has 0 saturated carbocycles. The van der Waals surface area contributed by atoms with Crippen molar-refractivity contribution in [3.8, 4) is 0 Å². The van der Waals surface area contributed by atoms with E-state index in [9.17, 15) is 0 Å². The maximum atomic E-state index is 5.46. The van der Waals surface area contributed by atoms with Gasteiger partial charge in [0.15, 0.2) is 0 Å². The fourth-order valence-corrected chi connectivity index (χ4v) is 1.67. The monoisotopic (exact) mass is 162 g/mol. The second-order valence-electron chi connectivity index (χ2n) is 2.35. The quantitative estimate of drug-likeness (QED) is 0.443. The summed E-state index contributed by atoms with van der Waals surface area (Å²) < 4.78 is 10.9. The van der Waals surface area contributed by atoms with E-state index in [1.165, 1.54) is 0 Å². The highest BCUT2D eigenvalue weighted by atomic mass is 28.2. The molecule has 0 saturated heterocycles. The van der Waals surface area contributed by atoms with Crippen LogP contribution in [0.4, 0.5) is 0 Å². The summed E-state index contributed by atoms with van der Waals surface area (Å²) in [5.41, 5.74) is -0.219. The lowest BCUT2D eigenvalue weighted by atomic mass is 10.7. The molecule has 0 unspecified atom stereocenters. The molecule has 0 heterocycles. The molecule has 3 heteroatoms. The Kier molecular flexibility index (Phi) is 4.94. The Morgan fingerprint density at radius 1 is 1.20 bits per heavy atom. The molecular formula is C7H18O2Si. The van der Waals surface area contributed by atoms with Crippen LogP contribution in [0, 0.1) is 0 Å². The lowest BCUT2D eigenvalue weighted by molar-refractivity contribution is -0.162. The Morgan fingerprint density at radius 2 is 1.60 bits per heavy atom. The molecular weight excluding hydrogens is 144 g/mol. The summed E-state index contributed by atoms with van der Waals surface area (Å²) >= 11 is 0. The van der Waals surface area contributed by atoms with Crippen LogP contribution in [-0.4, -0.2) is 28.1 Å². The maximum absolute atomic E-state index is 5.46. The molecule has 0 radical (unpaired) electrons. The van der Waals surface area contributed by atoms with Crippen LogP contribution in [0.25, 0.3) is 0 Å². The Balaban J connectivity index is 3.69. The van der Waals surface area contributed by atoms with Crippen molar-refractivity contribution < 1.29 is 9.47 Å². The van der Waals surface area contributed by atoms with Crippen molar-refractivity contribution in [2.45, 2.75) is 32.7 Å². The highest BCUT2D eigenvalue weighted by Gasteiger charge is 2.21. The average molecular weight is 162 g/mol. The summed E-state index contributed by atoms with van der Waals surface area (Å²) in [5, 5.41) is 0. The third-order valence-electron chi connectivity index (χ3n) is 1.54. The zero-order chi connectivity index (χ0) is 8.04. The summed E-state index contributed by atoms with van der Waals surface area (Å²) in [4.78, 5) is 0. The fraction of sp³-hybridized carbons (Fsp3) is 1.00. The normalized spacial score (nSPS) is 13.2. The van der Waals surface area contributed by atoms with E-state index in [4.69, 9.17) is 9.47 Å². The summed E-state index contributed by atoms with van der Waals surface area (Å²) in [7, 11) is -0.235. The molecule has 0 spiro atoms. The van der Waals surface area contributed by atoms with E-state index in [-0.39, 0.29) is 14.9 Å². The van der Waals surface area contributed by atoms with E-state index in [1.54, 1.807) is 0 Å². The Hall–Kier alpha value is 0.137. The number of hydrogen-bond donors (Lipinski definition) is 0. The van der Waals surface area contributed by atoms with Gasteiger partial charge in [0, 0.05) is 13.2 Å². The van der Waals surface area contributed by atoms with Crippen LogP contribution in [0.2, 0.25) is 6.55 Å². The minimum absolute atomic E-state index is 0.219. The molecule has 0 aromatic carbocycles. The first kappa shape index (κ1) is 10.1. The van der Waals surface area contributed by atoms with E-state index in [2.05, 4.69) is 6.55 Å². The van der Waals surface area contributed by atoms with E-state index < -0.39 is 0 Å². The van der Waals surface area contributed by atoms with Gasteiger partial charge in [0.05, 0.1) is 9.52 Å².